The molecule has 0 saturated carbocycles. The zero-order valence-corrected chi connectivity index (χ0v) is 12.7. The van der Waals surface area contributed by atoms with Crippen molar-refractivity contribution in [1.82, 2.24) is 10.3 Å². The fraction of sp³-hybridized carbons (Fsp3) is 0.267. The molecule has 1 N–H and O–H groups in total. The zero-order valence-electron chi connectivity index (χ0n) is 11.1. The molecule has 0 spiro atoms. The van der Waals surface area contributed by atoms with Crippen LogP contribution >= 0.6 is 15.9 Å². The molecule has 100 valence electrons. The summed E-state index contributed by atoms with van der Waals surface area (Å²) >= 11 is 3.48. The van der Waals surface area contributed by atoms with Gasteiger partial charge in [0.1, 0.15) is 5.75 Å². The lowest BCUT2D eigenvalue weighted by Gasteiger charge is -2.11. The molecule has 1 aromatic heterocycles. The van der Waals surface area contributed by atoms with Crippen LogP contribution < -0.4 is 10.1 Å². The van der Waals surface area contributed by atoms with E-state index in [0.717, 1.165) is 28.9 Å². The molecule has 0 aliphatic carbocycles. The number of methoxy groups -OCH3 is 1. The van der Waals surface area contributed by atoms with Crippen LogP contribution in [0.25, 0.3) is 0 Å². The van der Waals surface area contributed by atoms with Crippen LogP contribution in [0.1, 0.15) is 16.7 Å². The number of halogens is 1. The minimum absolute atomic E-state index is 0.761. The predicted octanol–water partition coefficient (Wildman–Crippen LogP) is 3.45. The summed E-state index contributed by atoms with van der Waals surface area (Å²) in [5, 5.41) is 3.42. The van der Waals surface area contributed by atoms with E-state index in [0.29, 0.717) is 0 Å². The number of hydrogen-bond acceptors (Lipinski definition) is 3. The van der Waals surface area contributed by atoms with Gasteiger partial charge in [0.05, 0.1) is 7.11 Å². The number of aryl methyl sites for hydroxylation is 1. The van der Waals surface area contributed by atoms with E-state index in [1.54, 1.807) is 7.11 Å². The smallest absolute Gasteiger partial charge is 0.123 e. The largest absolute Gasteiger partial charge is 0.496 e. The Morgan fingerprint density at radius 2 is 2.00 bits per heavy atom. The van der Waals surface area contributed by atoms with Gasteiger partial charge in [0, 0.05) is 35.5 Å². The lowest BCUT2D eigenvalue weighted by Crippen LogP contribution is -2.14. The van der Waals surface area contributed by atoms with Crippen molar-refractivity contribution < 1.29 is 4.74 Å². The number of benzene rings is 1. The summed E-state index contributed by atoms with van der Waals surface area (Å²) in [6.07, 6.45) is 3.72. The molecule has 0 amide bonds. The molecule has 0 aliphatic heterocycles. The van der Waals surface area contributed by atoms with E-state index in [4.69, 9.17) is 4.74 Å². The van der Waals surface area contributed by atoms with E-state index in [-0.39, 0.29) is 0 Å². The summed E-state index contributed by atoms with van der Waals surface area (Å²) in [7, 11) is 1.69. The lowest BCUT2D eigenvalue weighted by molar-refractivity contribution is 0.407. The van der Waals surface area contributed by atoms with Crippen molar-refractivity contribution in [2.75, 3.05) is 7.11 Å². The third-order valence-electron chi connectivity index (χ3n) is 3.02. The third-order valence-corrected chi connectivity index (χ3v) is 3.51. The highest BCUT2D eigenvalue weighted by molar-refractivity contribution is 9.10. The Kier molecular flexibility index (Phi) is 4.93. The number of hydrogen-bond donors (Lipinski definition) is 1. The number of rotatable bonds is 5. The van der Waals surface area contributed by atoms with Crippen molar-refractivity contribution >= 4 is 15.9 Å². The monoisotopic (exact) mass is 320 g/mol. The first-order valence-electron chi connectivity index (χ1n) is 6.13. The molecule has 0 fully saturated rings. The van der Waals surface area contributed by atoms with Crippen molar-refractivity contribution in [3.8, 4) is 5.75 Å². The second-order valence-corrected chi connectivity index (χ2v) is 5.28. The molecule has 0 saturated heterocycles. The van der Waals surface area contributed by atoms with Crippen molar-refractivity contribution in [3.05, 3.63) is 57.8 Å². The van der Waals surface area contributed by atoms with E-state index in [1.165, 1.54) is 11.1 Å². The zero-order chi connectivity index (χ0) is 13.7. The highest BCUT2D eigenvalue weighted by atomic mass is 79.9. The van der Waals surface area contributed by atoms with Crippen LogP contribution in [0.3, 0.4) is 0 Å². The number of nitrogens with one attached hydrogen (secondary N) is 1. The van der Waals surface area contributed by atoms with Gasteiger partial charge in [0.25, 0.3) is 0 Å². The number of pyridine rings is 1. The van der Waals surface area contributed by atoms with Gasteiger partial charge in [-0.2, -0.15) is 0 Å². The molecule has 2 aromatic rings. The maximum Gasteiger partial charge on any atom is 0.123 e. The second-order valence-electron chi connectivity index (χ2n) is 4.36. The van der Waals surface area contributed by atoms with Crippen LogP contribution in [0.15, 0.2) is 41.1 Å². The highest BCUT2D eigenvalue weighted by Crippen LogP contribution is 2.22. The molecule has 0 atom stereocenters. The van der Waals surface area contributed by atoms with E-state index in [9.17, 15) is 0 Å². The van der Waals surface area contributed by atoms with Crippen LogP contribution in [0.2, 0.25) is 0 Å². The summed E-state index contributed by atoms with van der Waals surface area (Å²) in [5.41, 5.74) is 3.61. The second kappa shape index (κ2) is 6.68. The molecule has 1 heterocycles. The van der Waals surface area contributed by atoms with Gasteiger partial charge >= 0.3 is 0 Å². The Morgan fingerprint density at radius 1 is 1.21 bits per heavy atom. The van der Waals surface area contributed by atoms with Crippen molar-refractivity contribution in [2.45, 2.75) is 20.0 Å². The van der Waals surface area contributed by atoms with Gasteiger partial charge in [-0.3, -0.25) is 4.98 Å². The Labute approximate surface area is 122 Å². The van der Waals surface area contributed by atoms with Gasteiger partial charge in [0.15, 0.2) is 0 Å². The highest BCUT2D eigenvalue weighted by Gasteiger charge is 2.04. The summed E-state index contributed by atoms with van der Waals surface area (Å²) in [4.78, 5) is 4.15. The molecule has 4 heteroatoms. The summed E-state index contributed by atoms with van der Waals surface area (Å²) in [6.45, 7) is 3.66. The molecular formula is C15H17BrN2O. The predicted molar refractivity (Wildman–Crippen MR) is 80.2 cm³/mol. The normalized spacial score (nSPS) is 10.5. The van der Waals surface area contributed by atoms with Crippen LogP contribution in [0, 0.1) is 6.92 Å². The Balaban J connectivity index is 2.00. The summed E-state index contributed by atoms with van der Waals surface area (Å²) in [6, 6.07) is 8.04. The Morgan fingerprint density at radius 3 is 2.74 bits per heavy atom. The molecule has 0 radical (unpaired) electrons. The molecule has 0 bridgehead atoms. The van der Waals surface area contributed by atoms with E-state index < -0.39 is 0 Å². The van der Waals surface area contributed by atoms with Crippen LogP contribution in [0.4, 0.5) is 0 Å². The molecule has 2 rings (SSSR count). The fourth-order valence-corrected chi connectivity index (χ4v) is 2.31. The number of nitrogens with zero attached hydrogens (tertiary/aromatic N) is 1. The van der Waals surface area contributed by atoms with Crippen LogP contribution in [-0.2, 0) is 13.1 Å². The van der Waals surface area contributed by atoms with Gasteiger partial charge in [-0.15, -0.1) is 0 Å². The fourth-order valence-electron chi connectivity index (χ4n) is 1.90. The molecule has 0 aliphatic rings. The van der Waals surface area contributed by atoms with Gasteiger partial charge in [-0.25, -0.2) is 0 Å². The average molecular weight is 321 g/mol. The standard InChI is InChI=1S/C15H17BrN2O/c1-11-5-6-17-9-13(11)10-18-8-12-7-14(16)3-4-15(12)19-2/h3-7,9,18H,8,10H2,1-2H3. The molecule has 0 unspecified atom stereocenters. The van der Waals surface area contributed by atoms with Gasteiger partial charge in [-0.05, 0) is 42.3 Å². The molecular weight excluding hydrogens is 304 g/mol. The van der Waals surface area contributed by atoms with Crippen LogP contribution in [-0.4, -0.2) is 12.1 Å². The Hall–Kier alpha value is -1.39. The quantitative estimate of drug-likeness (QED) is 0.916. The molecule has 1 aromatic carbocycles. The topological polar surface area (TPSA) is 34.1 Å². The van der Waals surface area contributed by atoms with Crippen LogP contribution in [0.5, 0.6) is 5.75 Å². The maximum atomic E-state index is 5.35. The maximum absolute atomic E-state index is 5.35. The minimum Gasteiger partial charge on any atom is -0.496 e. The SMILES string of the molecule is COc1ccc(Br)cc1CNCc1cnccc1C. The molecule has 19 heavy (non-hydrogen) atoms. The van der Waals surface area contributed by atoms with Crippen molar-refractivity contribution in [3.63, 3.8) is 0 Å². The van der Waals surface area contributed by atoms with Gasteiger partial charge in [-0.1, -0.05) is 15.9 Å². The third kappa shape index (κ3) is 3.78. The van der Waals surface area contributed by atoms with Gasteiger partial charge < -0.3 is 10.1 Å². The summed E-state index contributed by atoms with van der Waals surface area (Å²) in [5.74, 6) is 0.901. The van der Waals surface area contributed by atoms with Gasteiger partial charge in [0.2, 0.25) is 0 Å². The first-order chi connectivity index (χ1) is 9.20. The van der Waals surface area contributed by atoms with E-state index >= 15 is 0 Å². The minimum atomic E-state index is 0.761. The first kappa shape index (κ1) is 14.0. The number of ether oxygens (including phenoxy) is 1. The van der Waals surface area contributed by atoms with Crippen molar-refractivity contribution in [1.29, 1.82) is 0 Å². The van der Waals surface area contributed by atoms with E-state index in [1.807, 2.05) is 30.6 Å². The van der Waals surface area contributed by atoms with Crippen molar-refractivity contribution in [2.24, 2.45) is 0 Å². The summed E-state index contributed by atoms with van der Waals surface area (Å²) < 4.78 is 6.41. The first-order valence-corrected chi connectivity index (χ1v) is 6.92. The number of aromatic nitrogens is 1. The Bertz CT molecular complexity index is 558. The average Bonchev–Trinajstić information content (AvgIpc) is 2.41. The van der Waals surface area contributed by atoms with E-state index in [2.05, 4.69) is 39.2 Å². The lowest BCUT2D eigenvalue weighted by atomic mass is 10.1. The molecule has 3 nitrogen and oxygen atoms in total.